The molecule has 11 heavy (non-hydrogen) atoms. The number of carbonyl (C=O) groups is 1. The number of aromatic nitrogens is 3. The highest BCUT2D eigenvalue weighted by molar-refractivity contribution is 5.66. The first-order valence-electron chi connectivity index (χ1n) is 3.25. The van der Waals surface area contributed by atoms with Crippen LogP contribution in [0.5, 0.6) is 0 Å². The maximum atomic E-state index is 10.1. The van der Waals surface area contributed by atoms with Crippen molar-refractivity contribution in [2.24, 2.45) is 7.05 Å². The Kier molecular flexibility index (Phi) is 2.20. The zero-order chi connectivity index (χ0) is 8.27. The average molecular weight is 155 g/mol. The molecule has 0 radical (unpaired) electrons. The molecule has 0 aliphatic heterocycles. The third kappa shape index (κ3) is 2.03. The number of aryl methyl sites for hydroxylation is 2. The topological polar surface area (TPSA) is 68.0 Å². The lowest BCUT2D eigenvalue weighted by atomic mass is 10.3. The van der Waals surface area contributed by atoms with E-state index in [1.165, 1.54) is 0 Å². The van der Waals surface area contributed by atoms with Crippen LogP contribution in [0.3, 0.4) is 0 Å². The Morgan fingerprint density at radius 3 is 3.00 bits per heavy atom. The van der Waals surface area contributed by atoms with E-state index in [2.05, 4.69) is 10.2 Å². The summed E-state index contributed by atoms with van der Waals surface area (Å²) in [7, 11) is 1.79. The van der Waals surface area contributed by atoms with Gasteiger partial charge in [-0.15, -0.1) is 10.2 Å². The predicted octanol–water partition coefficient (Wildman–Crippen LogP) is -0.168. The van der Waals surface area contributed by atoms with Crippen LogP contribution < -0.4 is 0 Å². The van der Waals surface area contributed by atoms with E-state index in [4.69, 9.17) is 5.11 Å². The summed E-state index contributed by atoms with van der Waals surface area (Å²) in [5, 5.41) is 15.7. The molecule has 0 spiro atoms. The Labute approximate surface area is 63.7 Å². The maximum Gasteiger partial charge on any atom is 0.303 e. The molecular formula is C6H9N3O2. The Bertz CT molecular complexity index is 256. The van der Waals surface area contributed by atoms with Gasteiger partial charge in [0.2, 0.25) is 0 Å². The molecule has 0 atom stereocenters. The van der Waals surface area contributed by atoms with Crippen LogP contribution in [0.2, 0.25) is 0 Å². The van der Waals surface area contributed by atoms with Crippen molar-refractivity contribution in [3.05, 3.63) is 12.2 Å². The highest BCUT2D eigenvalue weighted by Gasteiger charge is 2.02. The molecule has 1 aromatic heterocycles. The van der Waals surface area contributed by atoms with Gasteiger partial charge in [0.05, 0.1) is 6.42 Å². The highest BCUT2D eigenvalue weighted by atomic mass is 16.4. The average Bonchev–Trinajstić information content (AvgIpc) is 2.31. The summed E-state index contributed by atoms with van der Waals surface area (Å²) in [5.41, 5.74) is 0. The van der Waals surface area contributed by atoms with Crippen molar-refractivity contribution in [1.29, 1.82) is 0 Å². The smallest absolute Gasteiger partial charge is 0.303 e. The molecule has 0 unspecified atom stereocenters. The Morgan fingerprint density at radius 1 is 1.82 bits per heavy atom. The number of rotatable bonds is 3. The quantitative estimate of drug-likeness (QED) is 0.658. The largest absolute Gasteiger partial charge is 0.481 e. The Morgan fingerprint density at radius 2 is 2.55 bits per heavy atom. The van der Waals surface area contributed by atoms with Gasteiger partial charge in [0.15, 0.2) is 0 Å². The Hall–Kier alpha value is -1.39. The van der Waals surface area contributed by atoms with Gasteiger partial charge in [0.1, 0.15) is 12.2 Å². The number of carboxylic acids is 1. The minimum atomic E-state index is -0.812. The number of aliphatic carboxylic acids is 1. The summed E-state index contributed by atoms with van der Waals surface area (Å²) < 4.78 is 1.71. The third-order valence-electron chi connectivity index (χ3n) is 1.37. The van der Waals surface area contributed by atoms with Gasteiger partial charge < -0.3 is 9.67 Å². The van der Waals surface area contributed by atoms with Gasteiger partial charge in [-0.25, -0.2) is 0 Å². The fraction of sp³-hybridized carbons (Fsp3) is 0.500. The molecule has 0 aliphatic carbocycles. The molecule has 0 fully saturated rings. The van der Waals surface area contributed by atoms with E-state index in [1.807, 2.05) is 0 Å². The van der Waals surface area contributed by atoms with E-state index >= 15 is 0 Å². The monoisotopic (exact) mass is 155 g/mol. The zero-order valence-electron chi connectivity index (χ0n) is 6.19. The van der Waals surface area contributed by atoms with Gasteiger partial charge in [-0.05, 0) is 0 Å². The molecule has 0 saturated carbocycles. The normalized spacial score (nSPS) is 9.91. The van der Waals surface area contributed by atoms with Crippen molar-refractivity contribution in [3.63, 3.8) is 0 Å². The third-order valence-corrected chi connectivity index (χ3v) is 1.37. The molecule has 0 aromatic carbocycles. The van der Waals surface area contributed by atoms with Crippen LogP contribution in [0.4, 0.5) is 0 Å². The molecule has 0 saturated heterocycles. The van der Waals surface area contributed by atoms with Crippen molar-refractivity contribution in [3.8, 4) is 0 Å². The van der Waals surface area contributed by atoms with Gasteiger partial charge in [-0.3, -0.25) is 4.79 Å². The summed E-state index contributed by atoms with van der Waals surface area (Å²) in [6, 6.07) is 0. The fourth-order valence-corrected chi connectivity index (χ4v) is 0.752. The van der Waals surface area contributed by atoms with E-state index < -0.39 is 5.97 Å². The summed E-state index contributed by atoms with van der Waals surface area (Å²) in [4.78, 5) is 10.1. The molecule has 1 heterocycles. The molecule has 0 amide bonds. The fourth-order valence-electron chi connectivity index (χ4n) is 0.752. The van der Waals surface area contributed by atoms with Gasteiger partial charge >= 0.3 is 5.97 Å². The second kappa shape index (κ2) is 3.14. The van der Waals surface area contributed by atoms with Gasteiger partial charge in [-0.1, -0.05) is 0 Å². The molecule has 1 rings (SSSR count). The lowest BCUT2D eigenvalue weighted by molar-refractivity contribution is -0.137. The maximum absolute atomic E-state index is 10.1. The number of hydrogen-bond donors (Lipinski definition) is 1. The first kappa shape index (κ1) is 7.71. The van der Waals surface area contributed by atoms with Crippen LogP contribution in [0.15, 0.2) is 6.33 Å². The molecule has 5 heteroatoms. The first-order valence-corrected chi connectivity index (χ1v) is 3.25. The second-order valence-electron chi connectivity index (χ2n) is 2.25. The van der Waals surface area contributed by atoms with Gasteiger partial charge in [0.25, 0.3) is 0 Å². The number of hydrogen-bond acceptors (Lipinski definition) is 3. The second-order valence-corrected chi connectivity index (χ2v) is 2.25. The summed E-state index contributed by atoms with van der Waals surface area (Å²) in [6.45, 7) is 0. The number of nitrogens with zero attached hydrogens (tertiary/aromatic N) is 3. The minimum Gasteiger partial charge on any atom is -0.481 e. The van der Waals surface area contributed by atoms with E-state index in [1.54, 1.807) is 17.9 Å². The molecule has 1 N–H and O–H groups in total. The highest BCUT2D eigenvalue weighted by Crippen LogP contribution is 1.95. The standard InChI is InChI=1S/C6H9N3O2/c1-9-4-7-8-5(9)2-3-6(10)11/h4H,2-3H2,1H3,(H,10,11). The van der Waals surface area contributed by atoms with Crippen LogP contribution in [-0.4, -0.2) is 25.8 Å². The summed E-state index contributed by atoms with van der Waals surface area (Å²) >= 11 is 0. The first-order chi connectivity index (χ1) is 5.20. The van der Waals surface area contributed by atoms with E-state index in [0.29, 0.717) is 12.2 Å². The van der Waals surface area contributed by atoms with Crippen LogP contribution in [-0.2, 0) is 18.3 Å². The van der Waals surface area contributed by atoms with Gasteiger partial charge in [-0.2, -0.15) is 0 Å². The van der Waals surface area contributed by atoms with Crippen LogP contribution >= 0.6 is 0 Å². The van der Waals surface area contributed by atoms with Crippen LogP contribution in [0, 0.1) is 0 Å². The SMILES string of the molecule is Cn1cnnc1CCC(=O)O. The van der Waals surface area contributed by atoms with Crippen molar-refractivity contribution in [2.75, 3.05) is 0 Å². The summed E-state index contributed by atoms with van der Waals surface area (Å²) in [5.74, 6) is -0.111. The minimum absolute atomic E-state index is 0.104. The van der Waals surface area contributed by atoms with Gasteiger partial charge in [0, 0.05) is 13.5 Å². The van der Waals surface area contributed by atoms with E-state index in [9.17, 15) is 4.79 Å². The molecular weight excluding hydrogens is 146 g/mol. The lowest BCUT2D eigenvalue weighted by Crippen LogP contribution is -2.02. The molecule has 0 aliphatic rings. The van der Waals surface area contributed by atoms with Crippen molar-refractivity contribution >= 4 is 5.97 Å². The molecule has 60 valence electrons. The zero-order valence-corrected chi connectivity index (χ0v) is 6.19. The van der Waals surface area contributed by atoms with Crippen LogP contribution in [0.25, 0.3) is 0 Å². The molecule has 0 bridgehead atoms. The van der Waals surface area contributed by atoms with Crippen molar-refractivity contribution in [2.45, 2.75) is 12.8 Å². The predicted molar refractivity (Wildman–Crippen MR) is 37.0 cm³/mol. The molecule has 1 aromatic rings. The van der Waals surface area contributed by atoms with Crippen molar-refractivity contribution < 1.29 is 9.90 Å². The Balaban J connectivity index is 2.51. The number of carboxylic acid groups (broad SMARTS) is 1. The van der Waals surface area contributed by atoms with Crippen molar-refractivity contribution in [1.82, 2.24) is 14.8 Å². The molecule has 5 nitrogen and oxygen atoms in total. The van der Waals surface area contributed by atoms with Crippen LogP contribution in [0.1, 0.15) is 12.2 Å². The summed E-state index contributed by atoms with van der Waals surface area (Å²) in [6.07, 6.45) is 2.09. The lowest BCUT2D eigenvalue weighted by Gasteiger charge is -1.95. The van der Waals surface area contributed by atoms with E-state index in [-0.39, 0.29) is 6.42 Å². The van der Waals surface area contributed by atoms with E-state index in [0.717, 1.165) is 0 Å².